The molecule has 0 saturated carbocycles. The zero-order valence-corrected chi connectivity index (χ0v) is 17.2. The van der Waals surface area contributed by atoms with Gasteiger partial charge in [0.1, 0.15) is 17.4 Å². The number of carbonyl (C=O) groups excluding carboxylic acids is 2. The number of esters is 1. The maximum absolute atomic E-state index is 13.0. The highest BCUT2D eigenvalue weighted by Crippen LogP contribution is 2.42. The number of ketones is 1. The Morgan fingerprint density at radius 3 is 2.34 bits per heavy atom. The number of rotatable bonds is 6. The molecule has 0 heterocycles. The molecule has 1 aliphatic rings. The third kappa shape index (κ3) is 4.50. The van der Waals surface area contributed by atoms with Crippen molar-refractivity contribution in [3.63, 3.8) is 0 Å². The first-order chi connectivity index (χ1) is 14.0. The number of hydrogen-bond acceptors (Lipinski definition) is 5. The molecule has 152 valence electrons. The van der Waals surface area contributed by atoms with Gasteiger partial charge in [0.15, 0.2) is 5.78 Å². The molecule has 29 heavy (non-hydrogen) atoms. The van der Waals surface area contributed by atoms with E-state index in [1.807, 2.05) is 43.3 Å². The molecular weight excluding hydrogens is 368 g/mol. The molecule has 0 amide bonds. The number of carbonyl (C=O) groups is 2. The van der Waals surface area contributed by atoms with Crippen molar-refractivity contribution in [2.45, 2.75) is 26.2 Å². The number of allylic oxidation sites excluding steroid dienone is 2. The minimum atomic E-state index is -0.889. The minimum Gasteiger partial charge on any atom is -0.497 e. The maximum Gasteiger partial charge on any atom is 0.317 e. The van der Waals surface area contributed by atoms with Gasteiger partial charge in [-0.3, -0.25) is 9.59 Å². The van der Waals surface area contributed by atoms with Gasteiger partial charge < -0.3 is 14.2 Å². The monoisotopic (exact) mass is 394 g/mol. The standard InChI is InChI=1S/C24H26O5/c1-5-29-24(26)23-21(18-10-19(27-3)14-20(11-18)28-4)12-17(13-22(23)25)16-8-6-7-15(2)9-16/h6-11,13-14,21,23H,5,12H2,1-4H3/t21-,23+/m0/s1. The van der Waals surface area contributed by atoms with Crippen molar-refractivity contribution < 1.29 is 23.8 Å². The van der Waals surface area contributed by atoms with Crippen LogP contribution in [0.25, 0.3) is 5.57 Å². The minimum absolute atomic E-state index is 0.227. The van der Waals surface area contributed by atoms with Crippen molar-refractivity contribution in [3.05, 3.63) is 65.2 Å². The number of ether oxygens (including phenoxy) is 3. The van der Waals surface area contributed by atoms with Crippen molar-refractivity contribution in [1.82, 2.24) is 0 Å². The summed E-state index contributed by atoms with van der Waals surface area (Å²) in [6.45, 7) is 3.98. The normalized spacial score (nSPS) is 18.8. The first-order valence-corrected chi connectivity index (χ1v) is 9.67. The van der Waals surface area contributed by atoms with Gasteiger partial charge in [-0.05, 0) is 55.2 Å². The molecule has 5 nitrogen and oxygen atoms in total. The van der Waals surface area contributed by atoms with Gasteiger partial charge in [-0.15, -0.1) is 0 Å². The van der Waals surface area contributed by atoms with E-state index in [4.69, 9.17) is 14.2 Å². The Bertz CT molecular complexity index is 922. The average Bonchev–Trinajstić information content (AvgIpc) is 2.72. The van der Waals surface area contributed by atoms with Crippen molar-refractivity contribution in [3.8, 4) is 11.5 Å². The molecule has 5 heteroatoms. The van der Waals surface area contributed by atoms with Crippen LogP contribution < -0.4 is 9.47 Å². The zero-order valence-electron chi connectivity index (χ0n) is 17.2. The van der Waals surface area contributed by atoms with Gasteiger partial charge in [-0.25, -0.2) is 0 Å². The lowest BCUT2D eigenvalue weighted by atomic mass is 9.73. The van der Waals surface area contributed by atoms with Gasteiger partial charge in [-0.1, -0.05) is 29.8 Å². The first kappa shape index (κ1) is 20.6. The van der Waals surface area contributed by atoms with E-state index < -0.39 is 11.9 Å². The molecule has 0 bridgehead atoms. The molecular formula is C24H26O5. The smallest absolute Gasteiger partial charge is 0.317 e. The van der Waals surface area contributed by atoms with Crippen LogP contribution >= 0.6 is 0 Å². The highest BCUT2D eigenvalue weighted by molar-refractivity contribution is 6.10. The number of aryl methyl sites for hydroxylation is 1. The molecule has 0 N–H and O–H groups in total. The van der Waals surface area contributed by atoms with E-state index in [2.05, 4.69) is 0 Å². The van der Waals surface area contributed by atoms with E-state index in [0.717, 1.165) is 22.3 Å². The van der Waals surface area contributed by atoms with E-state index in [9.17, 15) is 9.59 Å². The number of benzene rings is 2. The first-order valence-electron chi connectivity index (χ1n) is 9.67. The van der Waals surface area contributed by atoms with E-state index in [1.165, 1.54) is 0 Å². The van der Waals surface area contributed by atoms with Crippen molar-refractivity contribution >= 4 is 17.3 Å². The van der Waals surface area contributed by atoms with Crippen molar-refractivity contribution in [1.29, 1.82) is 0 Å². The molecule has 0 fully saturated rings. The Hall–Kier alpha value is -3.08. The van der Waals surface area contributed by atoms with Gasteiger partial charge in [0.2, 0.25) is 0 Å². The molecule has 0 saturated heterocycles. The zero-order chi connectivity index (χ0) is 21.0. The summed E-state index contributed by atoms with van der Waals surface area (Å²) < 4.78 is 16.0. The van der Waals surface area contributed by atoms with Gasteiger partial charge in [0, 0.05) is 12.0 Å². The molecule has 0 aromatic heterocycles. The van der Waals surface area contributed by atoms with Crippen molar-refractivity contribution in [2.75, 3.05) is 20.8 Å². The lowest BCUT2D eigenvalue weighted by molar-refractivity contribution is -0.151. The van der Waals surface area contributed by atoms with Crippen molar-refractivity contribution in [2.24, 2.45) is 5.92 Å². The lowest BCUT2D eigenvalue weighted by Gasteiger charge is -2.30. The van der Waals surface area contributed by atoms with Crippen LogP contribution in [0.2, 0.25) is 0 Å². The second-order valence-corrected chi connectivity index (χ2v) is 7.13. The topological polar surface area (TPSA) is 61.8 Å². The Labute approximate surface area is 171 Å². The summed E-state index contributed by atoms with van der Waals surface area (Å²) in [6, 6.07) is 13.5. The Kier molecular flexibility index (Phi) is 6.37. The number of hydrogen-bond donors (Lipinski definition) is 0. The van der Waals surface area contributed by atoms with Crippen LogP contribution in [0, 0.1) is 12.8 Å². The fourth-order valence-electron chi connectivity index (χ4n) is 3.79. The quantitative estimate of drug-likeness (QED) is 0.539. The average molecular weight is 394 g/mol. The predicted molar refractivity (Wildman–Crippen MR) is 111 cm³/mol. The summed E-state index contributed by atoms with van der Waals surface area (Å²) in [4.78, 5) is 25.7. The third-order valence-electron chi connectivity index (χ3n) is 5.20. The summed E-state index contributed by atoms with van der Waals surface area (Å²) >= 11 is 0. The largest absolute Gasteiger partial charge is 0.497 e. The van der Waals surface area contributed by atoms with Crippen LogP contribution in [0.5, 0.6) is 11.5 Å². The summed E-state index contributed by atoms with van der Waals surface area (Å²) in [5.74, 6) is -0.768. The van der Waals surface area contributed by atoms with Gasteiger partial charge >= 0.3 is 5.97 Å². The predicted octanol–water partition coefficient (Wildman–Crippen LogP) is 4.33. The fourth-order valence-corrected chi connectivity index (χ4v) is 3.79. The van der Waals surface area contributed by atoms with Gasteiger partial charge in [0.05, 0.1) is 20.8 Å². The molecule has 0 spiro atoms. The lowest BCUT2D eigenvalue weighted by Crippen LogP contribution is -2.34. The van der Waals surface area contributed by atoms with E-state index in [1.54, 1.807) is 33.3 Å². The van der Waals surface area contributed by atoms with Gasteiger partial charge in [-0.2, -0.15) is 0 Å². The van der Waals surface area contributed by atoms with Crippen LogP contribution in [0.3, 0.4) is 0 Å². The van der Waals surface area contributed by atoms with E-state index in [-0.39, 0.29) is 18.3 Å². The van der Waals surface area contributed by atoms with E-state index >= 15 is 0 Å². The highest BCUT2D eigenvalue weighted by Gasteiger charge is 2.40. The Morgan fingerprint density at radius 2 is 1.76 bits per heavy atom. The summed E-state index contributed by atoms with van der Waals surface area (Å²) in [5, 5.41) is 0. The summed E-state index contributed by atoms with van der Waals surface area (Å²) in [7, 11) is 3.15. The van der Waals surface area contributed by atoms with Gasteiger partial charge in [0.25, 0.3) is 0 Å². The Morgan fingerprint density at radius 1 is 1.07 bits per heavy atom. The third-order valence-corrected chi connectivity index (χ3v) is 5.20. The molecule has 2 aromatic carbocycles. The van der Waals surface area contributed by atoms with E-state index in [0.29, 0.717) is 17.9 Å². The summed E-state index contributed by atoms with van der Waals surface area (Å²) in [5.41, 5.74) is 3.82. The summed E-state index contributed by atoms with van der Waals surface area (Å²) in [6.07, 6.45) is 2.12. The SMILES string of the molecule is CCOC(=O)[C@H]1C(=O)C=C(c2cccc(C)c2)C[C@H]1c1cc(OC)cc(OC)c1. The molecule has 1 aliphatic carbocycles. The Balaban J connectivity index is 2.09. The van der Waals surface area contributed by atoms with Crippen LogP contribution in [-0.2, 0) is 14.3 Å². The fraction of sp³-hybridized carbons (Fsp3) is 0.333. The van der Waals surface area contributed by atoms with Crippen LogP contribution in [0.1, 0.15) is 36.0 Å². The molecule has 0 radical (unpaired) electrons. The number of methoxy groups -OCH3 is 2. The maximum atomic E-state index is 13.0. The second-order valence-electron chi connectivity index (χ2n) is 7.13. The molecule has 0 aliphatic heterocycles. The second kappa shape index (κ2) is 8.95. The van der Waals surface area contributed by atoms with Crippen LogP contribution in [0.15, 0.2) is 48.5 Å². The molecule has 3 rings (SSSR count). The molecule has 0 unspecified atom stereocenters. The highest BCUT2D eigenvalue weighted by atomic mass is 16.5. The van der Waals surface area contributed by atoms with Crippen LogP contribution in [0.4, 0.5) is 0 Å². The molecule has 2 aromatic rings. The molecule has 2 atom stereocenters. The van der Waals surface area contributed by atoms with Crippen LogP contribution in [-0.4, -0.2) is 32.6 Å².